The number of carbonyl (C=O) groups excluding carboxylic acids is 3. The summed E-state index contributed by atoms with van der Waals surface area (Å²) in [5.74, 6) is -1.06. The Kier molecular flexibility index (Phi) is 49.2. The molecular formula is C61H90O6. The first-order chi connectivity index (χ1) is 33.0. The third-order valence-electron chi connectivity index (χ3n) is 9.89. The van der Waals surface area contributed by atoms with Crippen LogP contribution in [-0.4, -0.2) is 37.2 Å². The van der Waals surface area contributed by atoms with Gasteiger partial charge in [-0.15, -0.1) is 0 Å². The summed E-state index contributed by atoms with van der Waals surface area (Å²) in [7, 11) is 0. The molecule has 6 nitrogen and oxygen atoms in total. The normalized spacial score (nSPS) is 13.5. The van der Waals surface area contributed by atoms with Crippen LogP contribution in [0.3, 0.4) is 0 Å². The number of carbonyl (C=O) groups is 3. The molecule has 0 amide bonds. The van der Waals surface area contributed by atoms with Crippen LogP contribution in [0, 0.1) is 0 Å². The number of unbranched alkanes of at least 4 members (excludes halogenated alkanes) is 10. The third-order valence-corrected chi connectivity index (χ3v) is 9.89. The third kappa shape index (κ3) is 51.6. The molecule has 0 aliphatic rings. The topological polar surface area (TPSA) is 78.9 Å². The first-order valence-corrected chi connectivity index (χ1v) is 25.7. The molecule has 0 saturated heterocycles. The van der Waals surface area contributed by atoms with Gasteiger partial charge in [0, 0.05) is 19.3 Å². The van der Waals surface area contributed by atoms with Gasteiger partial charge in [-0.25, -0.2) is 0 Å². The van der Waals surface area contributed by atoms with Crippen molar-refractivity contribution in [1.82, 2.24) is 0 Å². The summed E-state index contributed by atoms with van der Waals surface area (Å²) in [5, 5.41) is 0. The zero-order valence-corrected chi connectivity index (χ0v) is 42.1. The van der Waals surface area contributed by atoms with Gasteiger partial charge in [-0.2, -0.15) is 0 Å². The molecule has 0 aromatic heterocycles. The highest BCUT2D eigenvalue weighted by Gasteiger charge is 2.19. The molecule has 67 heavy (non-hydrogen) atoms. The van der Waals surface area contributed by atoms with Crippen LogP contribution in [0.5, 0.6) is 0 Å². The summed E-state index contributed by atoms with van der Waals surface area (Å²) in [6, 6.07) is 0. The molecule has 0 N–H and O–H groups in total. The van der Waals surface area contributed by atoms with Crippen LogP contribution in [0.15, 0.2) is 170 Å². The monoisotopic (exact) mass is 919 g/mol. The lowest BCUT2D eigenvalue weighted by Crippen LogP contribution is -2.30. The smallest absolute Gasteiger partial charge is 0.306 e. The minimum atomic E-state index is -0.834. The van der Waals surface area contributed by atoms with E-state index in [1.165, 1.54) is 12.8 Å². The maximum absolute atomic E-state index is 12.8. The van der Waals surface area contributed by atoms with Crippen molar-refractivity contribution >= 4 is 17.9 Å². The van der Waals surface area contributed by atoms with Crippen LogP contribution >= 0.6 is 0 Å². The Hall–Kier alpha value is -5.23. The van der Waals surface area contributed by atoms with Crippen LogP contribution in [0.25, 0.3) is 0 Å². The van der Waals surface area contributed by atoms with Crippen molar-refractivity contribution in [3.63, 3.8) is 0 Å². The molecule has 1 unspecified atom stereocenters. The van der Waals surface area contributed by atoms with Crippen LogP contribution in [0.4, 0.5) is 0 Å². The first kappa shape index (κ1) is 61.8. The Balaban J connectivity index is 4.58. The predicted octanol–water partition coefficient (Wildman–Crippen LogP) is 17.2. The highest BCUT2D eigenvalue weighted by Crippen LogP contribution is 2.12. The van der Waals surface area contributed by atoms with Crippen molar-refractivity contribution in [2.24, 2.45) is 0 Å². The number of hydrogen-bond acceptors (Lipinski definition) is 6. The predicted molar refractivity (Wildman–Crippen MR) is 288 cm³/mol. The molecule has 0 heterocycles. The van der Waals surface area contributed by atoms with Crippen molar-refractivity contribution in [1.29, 1.82) is 0 Å². The second-order valence-corrected chi connectivity index (χ2v) is 16.1. The molecule has 0 aromatic rings. The molecule has 0 aliphatic carbocycles. The van der Waals surface area contributed by atoms with E-state index in [2.05, 4.69) is 118 Å². The van der Waals surface area contributed by atoms with E-state index in [4.69, 9.17) is 14.2 Å². The number of ether oxygens (including phenoxy) is 3. The van der Waals surface area contributed by atoms with E-state index in [1.807, 2.05) is 72.9 Å². The summed E-state index contributed by atoms with van der Waals surface area (Å²) in [6.07, 6.45) is 79.1. The Morgan fingerprint density at radius 3 is 1.09 bits per heavy atom. The molecule has 0 spiro atoms. The summed E-state index contributed by atoms with van der Waals surface area (Å²) in [4.78, 5) is 38.0. The molecule has 0 radical (unpaired) electrons. The molecule has 0 aliphatic heterocycles. The van der Waals surface area contributed by atoms with Crippen LogP contribution in [0.2, 0.25) is 0 Å². The maximum Gasteiger partial charge on any atom is 0.306 e. The average molecular weight is 919 g/mol. The standard InChI is InChI=1S/C61H90O6/c1-4-7-10-13-16-19-22-24-26-28-30-32-34-36-39-42-45-48-51-54-60(63)66-57-58(56-65-59(62)53-50-47-44-41-38-21-18-15-12-9-6-3)67-61(64)55-52-49-46-43-40-37-35-33-31-29-27-25-23-20-17-14-11-8-5-2/h7-13,16-22,24-28,30-34,36,39,41,44,58H,4-6,14-15,23,29,35,37-38,40,42-43,45-57H2,1-3H3/b10-7-,11-8-,12-9-,16-13-,20-17-,21-18-,22-19-,26-24-,27-25-,30-28+,33-31-,34-32-,39-36-,44-41-. The van der Waals surface area contributed by atoms with Crippen LogP contribution in [0.1, 0.15) is 175 Å². The number of hydrogen-bond donors (Lipinski definition) is 0. The Bertz CT molecular complexity index is 1620. The minimum Gasteiger partial charge on any atom is -0.462 e. The van der Waals surface area contributed by atoms with E-state index in [9.17, 15) is 14.4 Å². The zero-order chi connectivity index (χ0) is 48.6. The van der Waals surface area contributed by atoms with Crippen molar-refractivity contribution in [2.75, 3.05) is 13.2 Å². The van der Waals surface area contributed by atoms with Gasteiger partial charge in [0.05, 0.1) is 0 Å². The molecule has 0 aromatic carbocycles. The summed E-state index contributed by atoms with van der Waals surface area (Å²) in [6.45, 7) is 6.12. The molecule has 0 bridgehead atoms. The minimum absolute atomic E-state index is 0.133. The number of esters is 3. The van der Waals surface area contributed by atoms with Gasteiger partial charge in [-0.05, 0) is 103 Å². The van der Waals surface area contributed by atoms with Crippen molar-refractivity contribution in [3.8, 4) is 0 Å². The maximum atomic E-state index is 12.8. The molecule has 6 heteroatoms. The first-order valence-electron chi connectivity index (χ1n) is 25.7. The van der Waals surface area contributed by atoms with Gasteiger partial charge >= 0.3 is 17.9 Å². The molecule has 1 atom stereocenters. The SMILES string of the molecule is CC\C=C/C=C\C=C/C=C\C=C\C=C/C=C\CCCCCC(=O)OCC(COC(=O)CCC/C=C\C/C=C\C/C=C\CC)OC(=O)CCCCCCCC/C=C\C/C=C\C/C=C\C/C=C\CC. The lowest BCUT2D eigenvalue weighted by Gasteiger charge is -2.18. The van der Waals surface area contributed by atoms with Crippen molar-refractivity contribution in [2.45, 2.75) is 181 Å². The van der Waals surface area contributed by atoms with Gasteiger partial charge < -0.3 is 14.2 Å². The quantitative estimate of drug-likeness (QED) is 0.0199. The van der Waals surface area contributed by atoms with Crippen molar-refractivity contribution < 1.29 is 28.6 Å². The van der Waals surface area contributed by atoms with Gasteiger partial charge in [0.2, 0.25) is 0 Å². The molecule has 0 rings (SSSR count). The highest BCUT2D eigenvalue weighted by molar-refractivity contribution is 5.71. The average Bonchev–Trinajstić information content (AvgIpc) is 3.33. The zero-order valence-electron chi connectivity index (χ0n) is 42.1. The molecule has 0 saturated carbocycles. The summed E-state index contributed by atoms with van der Waals surface area (Å²) < 4.78 is 16.7. The van der Waals surface area contributed by atoms with E-state index in [-0.39, 0.29) is 50.4 Å². The number of rotatable bonds is 43. The lowest BCUT2D eigenvalue weighted by molar-refractivity contribution is -0.167. The second kappa shape index (κ2) is 53.4. The van der Waals surface area contributed by atoms with E-state index in [0.29, 0.717) is 12.8 Å². The fourth-order valence-corrected chi connectivity index (χ4v) is 6.14. The van der Waals surface area contributed by atoms with Gasteiger partial charge in [0.25, 0.3) is 0 Å². The van der Waals surface area contributed by atoms with Gasteiger partial charge in [0.1, 0.15) is 13.2 Å². The van der Waals surface area contributed by atoms with Gasteiger partial charge in [-0.1, -0.05) is 223 Å². The Morgan fingerprint density at radius 1 is 0.313 bits per heavy atom. The Morgan fingerprint density at radius 2 is 0.627 bits per heavy atom. The highest BCUT2D eigenvalue weighted by atomic mass is 16.6. The van der Waals surface area contributed by atoms with E-state index < -0.39 is 6.10 Å². The van der Waals surface area contributed by atoms with Gasteiger partial charge in [-0.3, -0.25) is 14.4 Å². The largest absolute Gasteiger partial charge is 0.462 e. The van der Waals surface area contributed by atoms with Crippen LogP contribution < -0.4 is 0 Å². The summed E-state index contributed by atoms with van der Waals surface area (Å²) >= 11 is 0. The molecule has 370 valence electrons. The number of allylic oxidation sites excluding steroid dienone is 28. The fraction of sp³-hybridized carbons (Fsp3) is 0.492. The Labute approximate surface area is 409 Å². The molecular weight excluding hydrogens is 829 g/mol. The lowest BCUT2D eigenvalue weighted by atomic mass is 10.1. The summed E-state index contributed by atoms with van der Waals surface area (Å²) in [5.41, 5.74) is 0. The van der Waals surface area contributed by atoms with Gasteiger partial charge in [0.15, 0.2) is 6.10 Å². The second-order valence-electron chi connectivity index (χ2n) is 16.1. The fourth-order valence-electron chi connectivity index (χ4n) is 6.14. The van der Waals surface area contributed by atoms with Crippen LogP contribution in [-0.2, 0) is 28.6 Å². The van der Waals surface area contributed by atoms with E-state index in [1.54, 1.807) is 0 Å². The van der Waals surface area contributed by atoms with E-state index >= 15 is 0 Å². The van der Waals surface area contributed by atoms with Crippen molar-refractivity contribution in [3.05, 3.63) is 170 Å². The molecule has 0 fully saturated rings. The van der Waals surface area contributed by atoms with E-state index in [0.717, 1.165) is 109 Å².